The maximum atomic E-state index is 12.0. The van der Waals surface area contributed by atoms with Crippen molar-refractivity contribution in [2.45, 2.75) is 33.6 Å². The van der Waals surface area contributed by atoms with Gasteiger partial charge in [0.05, 0.1) is 0 Å². The molecule has 0 bridgehead atoms. The first-order valence-corrected chi connectivity index (χ1v) is 7.47. The van der Waals surface area contributed by atoms with Crippen LogP contribution in [0.2, 0.25) is 0 Å². The molecule has 7 heteroatoms. The Balaban J connectivity index is 2.05. The molecule has 0 saturated carbocycles. The standard InChI is InChI=1S/C15H21N5O2/c1-4-8-20(9-5-2)14-7-6-12(17-18-14)15(21)16-13-10-11(3)22-19-13/h6-7,10H,4-5,8-9H2,1-3H3,(H,16,19,21). The molecular weight excluding hydrogens is 282 g/mol. The largest absolute Gasteiger partial charge is 0.360 e. The molecule has 0 saturated heterocycles. The van der Waals surface area contributed by atoms with Gasteiger partial charge >= 0.3 is 0 Å². The van der Waals surface area contributed by atoms with Crippen molar-refractivity contribution in [3.63, 3.8) is 0 Å². The van der Waals surface area contributed by atoms with Gasteiger partial charge in [0.2, 0.25) is 0 Å². The summed E-state index contributed by atoms with van der Waals surface area (Å²) in [7, 11) is 0. The molecule has 2 heterocycles. The number of carbonyl (C=O) groups is 1. The molecule has 0 aliphatic rings. The van der Waals surface area contributed by atoms with E-state index in [4.69, 9.17) is 4.52 Å². The van der Waals surface area contributed by atoms with E-state index in [2.05, 4.69) is 39.4 Å². The predicted octanol–water partition coefficient (Wildman–Crippen LogP) is 2.65. The van der Waals surface area contributed by atoms with E-state index in [-0.39, 0.29) is 11.6 Å². The highest BCUT2D eigenvalue weighted by atomic mass is 16.5. The summed E-state index contributed by atoms with van der Waals surface area (Å²) in [4.78, 5) is 14.2. The summed E-state index contributed by atoms with van der Waals surface area (Å²) >= 11 is 0. The first kappa shape index (κ1) is 15.9. The molecule has 0 spiro atoms. The second-order valence-electron chi connectivity index (χ2n) is 5.04. The Morgan fingerprint density at radius 2 is 1.95 bits per heavy atom. The van der Waals surface area contributed by atoms with Crippen molar-refractivity contribution in [2.24, 2.45) is 0 Å². The zero-order chi connectivity index (χ0) is 15.9. The van der Waals surface area contributed by atoms with Crippen molar-refractivity contribution < 1.29 is 9.32 Å². The van der Waals surface area contributed by atoms with Crippen LogP contribution in [-0.4, -0.2) is 34.4 Å². The van der Waals surface area contributed by atoms with E-state index < -0.39 is 0 Å². The van der Waals surface area contributed by atoms with Gasteiger partial charge < -0.3 is 14.7 Å². The number of hydrogen-bond acceptors (Lipinski definition) is 6. The molecule has 2 aromatic rings. The molecule has 22 heavy (non-hydrogen) atoms. The van der Waals surface area contributed by atoms with Gasteiger partial charge in [-0.1, -0.05) is 19.0 Å². The molecule has 0 fully saturated rings. The van der Waals surface area contributed by atoms with E-state index in [1.165, 1.54) is 0 Å². The summed E-state index contributed by atoms with van der Waals surface area (Å²) in [6.07, 6.45) is 2.07. The minimum atomic E-state index is -0.357. The fourth-order valence-corrected chi connectivity index (χ4v) is 2.10. The highest BCUT2D eigenvalue weighted by Crippen LogP contribution is 2.12. The summed E-state index contributed by atoms with van der Waals surface area (Å²) in [5.74, 6) is 1.43. The number of rotatable bonds is 7. The molecule has 0 radical (unpaired) electrons. The molecule has 118 valence electrons. The van der Waals surface area contributed by atoms with Crippen LogP contribution in [0.15, 0.2) is 22.7 Å². The van der Waals surface area contributed by atoms with Crippen LogP contribution in [0.3, 0.4) is 0 Å². The van der Waals surface area contributed by atoms with E-state index in [1.807, 2.05) is 6.07 Å². The van der Waals surface area contributed by atoms with Crippen LogP contribution < -0.4 is 10.2 Å². The monoisotopic (exact) mass is 303 g/mol. The molecule has 7 nitrogen and oxygen atoms in total. The minimum Gasteiger partial charge on any atom is -0.360 e. The lowest BCUT2D eigenvalue weighted by Gasteiger charge is -2.21. The summed E-state index contributed by atoms with van der Waals surface area (Å²) < 4.78 is 4.90. The van der Waals surface area contributed by atoms with Crippen LogP contribution in [0.5, 0.6) is 0 Å². The second kappa shape index (κ2) is 7.53. The number of aromatic nitrogens is 3. The van der Waals surface area contributed by atoms with Gasteiger partial charge in [-0.25, -0.2) is 0 Å². The van der Waals surface area contributed by atoms with Gasteiger partial charge in [0.1, 0.15) is 5.76 Å². The van der Waals surface area contributed by atoms with Crippen molar-refractivity contribution in [1.82, 2.24) is 15.4 Å². The number of anilines is 2. The molecule has 1 N–H and O–H groups in total. The third kappa shape index (κ3) is 4.03. The number of aryl methyl sites for hydroxylation is 1. The van der Waals surface area contributed by atoms with E-state index in [1.54, 1.807) is 19.1 Å². The van der Waals surface area contributed by atoms with Gasteiger partial charge in [0.25, 0.3) is 5.91 Å². The van der Waals surface area contributed by atoms with Crippen LogP contribution in [-0.2, 0) is 0 Å². The first-order valence-electron chi connectivity index (χ1n) is 7.47. The summed E-state index contributed by atoms with van der Waals surface area (Å²) in [5, 5.41) is 14.5. The quantitative estimate of drug-likeness (QED) is 0.846. The average Bonchev–Trinajstić information content (AvgIpc) is 2.92. The molecule has 0 aliphatic carbocycles. The van der Waals surface area contributed by atoms with Crippen molar-refractivity contribution in [2.75, 3.05) is 23.3 Å². The topological polar surface area (TPSA) is 84.2 Å². The summed E-state index contributed by atoms with van der Waals surface area (Å²) in [6.45, 7) is 7.85. The van der Waals surface area contributed by atoms with Gasteiger partial charge in [-0.2, -0.15) is 0 Å². The summed E-state index contributed by atoms with van der Waals surface area (Å²) in [6, 6.07) is 5.13. The maximum Gasteiger partial charge on any atom is 0.277 e. The Kier molecular flexibility index (Phi) is 5.46. The third-order valence-electron chi connectivity index (χ3n) is 3.06. The Bertz CT molecular complexity index is 603. The number of nitrogens with zero attached hydrogens (tertiary/aromatic N) is 4. The number of amides is 1. The molecule has 0 atom stereocenters. The lowest BCUT2D eigenvalue weighted by atomic mass is 10.3. The molecule has 0 unspecified atom stereocenters. The maximum absolute atomic E-state index is 12.0. The van der Waals surface area contributed by atoms with E-state index in [9.17, 15) is 4.79 Å². The lowest BCUT2D eigenvalue weighted by molar-refractivity contribution is 0.102. The van der Waals surface area contributed by atoms with Crippen LogP contribution in [0, 0.1) is 6.92 Å². The molecule has 0 aliphatic heterocycles. The Labute approximate surface area is 129 Å². The van der Waals surface area contributed by atoms with Gasteiger partial charge in [-0.05, 0) is 31.9 Å². The summed E-state index contributed by atoms with van der Waals surface area (Å²) in [5.41, 5.74) is 0.248. The fourth-order valence-electron chi connectivity index (χ4n) is 2.10. The Morgan fingerprint density at radius 1 is 1.23 bits per heavy atom. The zero-order valence-electron chi connectivity index (χ0n) is 13.2. The van der Waals surface area contributed by atoms with Gasteiger partial charge in [-0.15, -0.1) is 10.2 Å². The number of hydrogen-bond donors (Lipinski definition) is 1. The van der Waals surface area contributed by atoms with Crippen LogP contribution >= 0.6 is 0 Å². The van der Waals surface area contributed by atoms with Crippen molar-refractivity contribution in [3.8, 4) is 0 Å². The molecular formula is C15H21N5O2. The third-order valence-corrected chi connectivity index (χ3v) is 3.06. The van der Waals surface area contributed by atoms with Crippen LogP contribution in [0.25, 0.3) is 0 Å². The normalized spacial score (nSPS) is 10.5. The smallest absolute Gasteiger partial charge is 0.277 e. The Morgan fingerprint density at radius 3 is 2.45 bits per heavy atom. The first-order chi connectivity index (χ1) is 10.6. The fraction of sp³-hybridized carbons (Fsp3) is 0.467. The minimum absolute atomic E-state index is 0.248. The molecule has 2 rings (SSSR count). The SMILES string of the molecule is CCCN(CCC)c1ccc(C(=O)Nc2cc(C)on2)nn1. The van der Waals surface area contributed by atoms with Crippen molar-refractivity contribution >= 4 is 17.5 Å². The second-order valence-corrected chi connectivity index (χ2v) is 5.04. The molecule has 1 amide bonds. The van der Waals surface area contributed by atoms with Crippen molar-refractivity contribution in [1.29, 1.82) is 0 Å². The van der Waals surface area contributed by atoms with E-state index >= 15 is 0 Å². The van der Waals surface area contributed by atoms with Gasteiger partial charge in [0, 0.05) is 19.2 Å². The number of carbonyl (C=O) groups excluding carboxylic acids is 1. The van der Waals surface area contributed by atoms with Gasteiger partial charge in [-0.3, -0.25) is 4.79 Å². The molecule has 0 aromatic carbocycles. The lowest BCUT2D eigenvalue weighted by Crippen LogP contribution is -2.26. The Hall–Kier alpha value is -2.44. The highest BCUT2D eigenvalue weighted by molar-refractivity contribution is 6.02. The van der Waals surface area contributed by atoms with Crippen molar-refractivity contribution in [3.05, 3.63) is 29.7 Å². The predicted molar refractivity (Wildman–Crippen MR) is 84.0 cm³/mol. The highest BCUT2D eigenvalue weighted by Gasteiger charge is 2.13. The van der Waals surface area contributed by atoms with E-state index in [0.717, 1.165) is 31.7 Å². The van der Waals surface area contributed by atoms with Crippen LogP contribution in [0.4, 0.5) is 11.6 Å². The average molecular weight is 303 g/mol. The zero-order valence-corrected chi connectivity index (χ0v) is 13.2. The number of nitrogens with one attached hydrogen (secondary N) is 1. The van der Waals surface area contributed by atoms with E-state index in [0.29, 0.717) is 11.6 Å². The van der Waals surface area contributed by atoms with Gasteiger partial charge in [0.15, 0.2) is 17.3 Å². The molecule has 2 aromatic heterocycles. The van der Waals surface area contributed by atoms with Crippen LogP contribution in [0.1, 0.15) is 42.9 Å².